The van der Waals surface area contributed by atoms with E-state index in [1.165, 1.54) is 31.2 Å². The van der Waals surface area contributed by atoms with E-state index in [2.05, 4.69) is 12.1 Å². The van der Waals surface area contributed by atoms with Crippen molar-refractivity contribution >= 4 is 12.6 Å². The summed E-state index contributed by atoms with van der Waals surface area (Å²) >= 11 is 0. The van der Waals surface area contributed by atoms with Crippen molar-refractivity contribution in [3.8, 4) is 0 Å². The van der Waals surface area contributed by atoms with Gasteiger partial charge >= 0.3 is 7.12 Å². The number of hydrogen-bond donors (Lipinski definition) is 2. The molecule has 0 aromatic heterocycles. The number of aliphatic hydroxyl groups is 1. The average Bonchev–Trinajstić information content (AvgIpc) is 2.91. The van der Waals surface area contributed by atoms with Crippen LogP contribution >= 0.6 is 0 Å². The van der Waals surface area contributed by atoms with Gasteiger partial charge < -0.3 is 14.8 Å². The molecule has 1 saturated carbocycles. The smallest absolute Gasteiger partial charge is 0.423 e. The van der Waals surface area contributed by atoms with Crippen LogP contribution in [0.3, 0.4) is 0 Å². The fraction of sp³-hybridized carbons (Fsp3) is 0.647. The van der Waals surface area contributed by atoms with Crippen molar-refractivity contribution < 1.29 is 14.8 Å². The second kappa shape index (κ2) is 6.11. The van der Waals surface area contributed by atoms with Crippen LogP contribution in [0.1, 0.15) is 64.9 Å². The maximum Gasteiger partial charge on any atom is 0.491 e. The highest BCUT2D eigenvalue weighted by Gasteiger charge is 2.39. The fourth-order valence-corrected chi connectivity index (χ4v) is 2.68. The molecule has 0 heterocycles. The minimum Gasteiger partial charge on any atom is -0.423 e. The van der Waals surface area contributed by atoms with Gasteiger partial charge in [0.2, 0.25) is 0 Å². The van der Waals surface area contributed by atoms with Gasteiger partial charge in [0.15, 0.2) is 0 Å². The third-order valence-corrected chi connectivity index (χ3v) is 4.93. The van der Waals surface area contributed by atoms with Crippen LogP contribution in [-0.4, -0.2) is 28.5 Å². The Hall–Kier alpha value is -0.835. The highest BCUT2D eigenvalue weighted by Crippen LogP contribution is 2.33. The SMILES string of the molecule is CC(C)(O)C(C)(C)OB(O)c1ccc(C2CCCC2)cc1. The van der Waals surface area contributed by atoms with Crippen LogP contribution < -0.4 is 5.46 Å². The Balaban J connectivity index is 2.04. The van der Waals surface area contributed by atoms with E-state index in [1.54, 1.807) is 27.7 Å². The molecule has 116 valence electrons. The Morgan fingerprint density at radius 1 is 1.05 bits per heavy atom. The van der Waals surface area contributed by atoms with Gasteiger partial charge in [-0.15, -0.1) is 0 Å². The number of hydrogen-bond acceptors (Lipinski definition) is 3. The molecule has 0 bridgehead atoms. The maximum absolute atomic E-state index is 10.2. The zero-order chi connectivity index (χ0) is 15.7. The van der Waals surface area contributed by atoms with Gasteiger partial charge in [0.1, 0.15) is 0 Å². The van der Waals surface area contributed by atoms with E-state index in [0.29, 0.717) is 5.92 Å². The van der Waals surface area contributed by atoms with Crippen LogP contribution in [0.4, 0.5) is 0 Å². The van der Waals surface area contributed by atoms with Crippen LogP contribution in [0.15, 0.2) is 24.3 Å². The summed E-state index contributed by atoms with van der Waals surface area (Å²) in [6, 6.07) is 8.04. The first kappa shape index (κ1) is 16.5. The molecule has 1 aromatic rings. The van der Waals surface area contributed by atoms with Crippen LogP contribution in [0.5, 0.6) is 0 Å². The van der Waals surface area contributed by atoms with E-state index in [-0.39, 0.29) is 0 Å². The molecule has 2 N–H and O–H groups in total. The van der Waals surface area contributed by atoms with Crippen LogP contribution in [0, 0.1) is 0 Å². The summed E-state index contributed by atoms with van der Waals surface area (Å²) in [5.41, 5.74) is 0.216. The molecule has 0 unspecified atom stereocenters. The van der Waals surface area contributed by atoms with Crippen molar-refractivity contribution in [1.29, 1.82) is 0 Å². The Labute approximate surface area is 128 Å². The molecule has 2 rings (SSSR count). The van der Waals surface area contributed by atoms with Crippen LogP contribution in [-0.2, 0) is 4.65 Å². The van der Waals surface area contributed by atoms with Crippen LogP contribution in [0.25, 0.3) is 0 Å². The van der Waals surface area contributed by atoms with E-state index < -0.39 is 18.3 Å². The Morgan fingerprint density at radius 2 is 1.57 bits per heavy atom. The first-order valence-electron chi connectivity index (χ1n) is 7.89. The molecule has 0 radical (unpaired) electrons. The Morgan fingerprint density at radius 3 is 2.05 bits per heavy atom. The molecular weight excluding hydrogens is 263 g/mol. The predicted octanol–water partition coefficient (Wildman–Crippen LogP) is 2.60. The van der Waals surface area contributed by atoms with Gasteiger partial charge in [-0.1, -0.05) is 37.1 Å². The summed E-state index contributed by atoms with van der Waals surface area (Å²) < 4.78 is 5.66. The van der Waals surface area contributed by atoms with Crippen molar-refractivity contribution in [2.24, 2.45) is 0 Å². The summed E-state index contributed by atoms with van der Waals surface area (Å²) in [4.78, 5) is 0. The standard InChI is InChI=1S/C17H27BO3/c1-16(2,19)17(3,4)21-18(20)15-11-9-14(10-12-15)13-7-5-6-8-13/h9-13,19-20H,5-8H2,1-4H3. The van der Waals surface area contributed by atoms with Crippen molar-refractivity contribution in [3.05, 3.63) is 29.8 Å². The first-order chi connectivity index (χ1) is 9.71. The van der Waals surface area contributed by atoms with E-state index in [9.17, 15) is 10.1 Å². The molecule has 0 spiro atoms. The minimum atomic E-state index is -1.03. The normalized spacial score (nSPS) is 17.2. The molecule has 1 aromatic carbocycles. The van der Waals surface area contributed by atoms with Crippen molar-refractivity contribution in [1.82, 2.24) is 0 Å². The van der Waals surface area contributed by atoms with E-state index in [0.717, 1.165) is 5.46 Å². The number of benzene rings is 1. The van der Waals surface area contributed by atoms with E-state index >= 15 is 0 Å². The van der Waals surface area contributed by atoms with Crippen molar-refractivity contribution in [2.75, 3.05) is 0 Å². The second-order valence-corrected chi connectivity index (χ2v) is 7.19. The van der Waals surface area contributed by atoms with Gasteiger partial charge in [0, 0.05) is 0 Å². The molecule has 21 heavy (non-hydrogen) atoms. The molecule has 0 amide bonds. The van der Waals surface area contributed by atoms with Gasteiger partial charge in [-0.3, -0.25) is 0 Å². The van der Waals surface area contributed by atoms with Gasteiger partial charge in [0.25, 0.3) is 0 Å². The molecule has 0 saturated heterocycles. The molecule has 3 nitrogen and oxygen atoms in total. The molecule has 1 aliphatic carbocycles. The van der Waals surface area contributed by atoms with Crippen molar-refractivity contribution in [2.45, 2.75) is 70.5 Å². The van der Waals surface area contributed by atoms with E-state index in [1.807, 2.05) is 12.1 Å². The first-order valence-corrected chi connectivity index (χ1v) is 7.89. The lowest BCUT2D eigenvalue weighted by Gasteiger charge is -2.38. The third-order valence-electron chi connectivity index (χ3n) is 4.93. The van der Waals surface area contributed by atoms with Gasteiger partial charge in [-0.25, -0.2) is 0 Å². The van der Waals surface area contributed by atoms with Gasteiger partial charge in [-0.2, -0.15) is 0 Å². The molecule has 4 heteroatoms. The summed E-state index contributed by atoms with van der Waals surface area (Å²) in [5, 5.41) is 20.3. The van der Waals surface area contributed by atoms with Crippen molar-refractivity contribution in [3.63, 3.8) is 0 Å². The Kier molecular flexibility index (Phi) is 4.81. The topological polar surface area (TPSA) is 49.7 Å². The minimum absolute atomic E-state index is 0.671. The van der Waals surface area contributed by atoms with Crippen LogP contribution in [0.2, 0.25) is 0 Å². The maximum atomic E-state index is 10.2. The highest BCUT2D eigenvalue weighted by molar-refractivity contribution is 6.60. The van der Waals surface area contributed by atoms with Gasteiger partial charge in [0.05, 0.1) is 11.2 Å². The summed E-state index contributed by atoms with van der Waals surface area (Å²) in [7, 11) is -1.02. The zero-order valence-electron chi connectivity index (χ0n) is 13.6. The second-order valence-electron chi connectivity index (χ2n) is 7.19. The quantitative estimate of drug-likeness (QED) is 0.820. The predicted molar refractivity (Wildman–Crippen MR) is 86.7 cm³/mol. The largest absolute Gasteiger partial charge is 0.491 e. The van der Waals surface area contributed by atoms with E-state index in [4.69, 9.17) is 4.65 Å². The molecule has 1 fully saturated rings. The Bertz CT molecular complexity index is 456. The fourth-order valence-electron chi connectivity index (χ4n) is 2.68. The van der Waals surface area contributed by atoms with Gasteiger partial charge in [-0.05, 0) is 57.5 Å². The monoisotopic (exact) mass is 290 g/mol. The number of rotatable bonds is 5. The lowest BCUT2D eigenvalue weighted by molar-refractivity contribution is -0.0982. The molecule has 0 atom stereocenters. The lowest BCUT2D eigenvalue weighted by atomic mass is 9.76. The summed E-state index contributed by atoms with van der Waals surface area (Å²) in [5.74, 6) is 0.671. The zero-order valence-corrected chi connectivity index (χ0v) is 13.6. The highest BCUT2D eigenvalue weighted by atomic mass is 16.5. The molecule has 0 aliphatic heterocycles. The molecule has 1 aliphatic rings. The third kappa shape index (κ3) is 3.88. The molecular formula is C17H27BO3. The summed E-state index contributed by atoms with van der Waals surface area (Å²) in [6.45, 7) is 6.93. The average molecular weight is 290 g/mol. The summed E-state index contributed by atoms with van der Waals surface area (Å²) in [6.07, 6.45) is 5.17. The lowest BCUT2D eigenvalue weighted by Crippen LogP contribution is -2.53.